The van der Waals surface area contributed by atoms with Crippen LogP contribution in [0.4, 0.5) is 0 Å². The Balaban J connectivity index is 2.41. The van der Waals surface area contributed by atoms with Gasteiger partial charge in [0.05, 0.1) is 0 Å². The number of halogens is 1. The predicted octanol–water partition coefficient (Wildman–Crippen LogP) is 1.91. The van der Waals surface area contributed by atoms with Crippen molar-refractivity contribution in [2.75, 3.05) is 9.36 Å². The van der Waals surface area contributed by atoms with E-state index in [4.69, 9.17) is 0 Å². The zero-order valence-electron chi connectivity index (χ0n) is 4.59. The molecule has 0 nitrogen and oxygen atoms in total. The van der Waals surface area contributed by atoms with Crippen molar-refractivity contribution in [1.29, 1.82) is 0 Å². The first kappa shape index (κ1) is 4.88. The van der Waals surface area contributed by atoms with E-state index in [1.165, 1.54) is 0 Å². The summed E-state index contributed by atoms with van der Waals surface area (Å²) in [5.74, 6) is 0. The van der Waals surface area contributed by atoms with Crippen LogP contribution < -0.4 is 0 Å². The second kappa shape index (κ2) is 1.11. The van der Waals surface area contributed by atoms with E-state index in [9.17, 15) is 0 Å². The van der Waals surface area contributed by atoms with Gasteiger partial charge in [-0.1, -0.05) is 0 Å². The van der Waals surface area contributed by atoms with Gasteiger partial charge in [0.25, 0.3) is 0 Å². The molecule has 0 aromatic heterocycles. The third-order valence-electron chi connectivity index (χ3n) is 1.31. The van der Waals surface area contributed by atoms with E-state index in [1.54, 1.807) is 4.43 Å². The molecule has 0 radical (unpaired) electrons. The molecular weight excluding hydrogens is 187 g/mol. The van der Waals surface area contributed by atoms with Crippen LogP contribution in [0.15, 0.2) is 0 Å². The molecule has 1 fully saturated rings. The maximum absolute atomic E-state index is 2.46. The number of hydrogen-bond donors (Lipinski definition) is 0. The quantitative estimate of drug-likeness (QED) is 0.412. The Bertz CT molecular complexity index is 66.3. The number of hydrogen-bond acceptors (Lipinski definition) is 0. The van der Waals surface area contributed by atoms with Crippen molar-refractivity contribution in [3.63, 3.8) is 0 Å². The van der Waals surface area contributed by atoms with Gasteiger partial charge in [-0.3, -0.25) is 0 Å². The van der Waals surface area contributed by atoms with E-state index in [0.717, 1.165) is 3.42 Å². The van der Waals surface area contributed by atoms with Gasteiger partial charge in [-0.15, -0.1) is 0 Å². The molecule has 0 aromatic carbocycles. The van der Waals surface area contributed by atoms with Gasteiger partial charge in [0.2, 0.25) is 0 Å². The van der Waals surface area contributed by atoms with Gasteiger partial charge < -0.3 is 0 Å². The minimum absolute atomic E-state index is 0.238. The van der Waals surface area contributed by atoms with Crippen LogP contribution in [-0.4, -0.2) is 12.8 Å². The monoisotopic (exact) mass is 198 g/mol. The summed E-state index contributed by atoms with van der Waals surface area (Å²) in [5, 5.41) is 0. The summed E-state index contributed by atoms with van der Waals surface area (Å²) in [6.07, 6.45) is 0. The predicted molar refractivity (Wildman–Crippen MR) is 38.9 cm³/mol. The average molecular weight is 198 g/mol. The van der Waals surface area contributed by atoms with Gasteiger partial charge in [-0.2, -0.15) is 0 Å². The Labute approximate surface area is 46.7 Å². The minimum atomic E-state index is -0.238. The summed E-state index contributed by atoms with van der Waals surface area (Å²) in [6.45, 7) is 4.77. The summed E-state index contributed by atoms with van der Waals surface area (Å²) in [5.41, 5.74) is 0. The van der Waals surface area contributed by atoms with E-state index in [2.05, 4.69) is 18.8 Å². The second-order valence-corrected chi connectivity index (χ2v) is 9.49. The van der Waals surface area contributed by atoms with Crippen molar-refractivity contribution in [2.45, 2.75) is 17.3 Å². The first-order chi connectivity index (χ1) is 2.63. The van der Waals surface area contributed by atoms with Crippen molar-refractivity contribution < 1.29 is 0 Å². The molecule has 0 bridgehead atoms. The molecule has 0 atom stereocenters. The zero-order chi connectivity index (χ0) is 4.78. The van der Waals surface area contributed by atoms with Crippen molar-refractivity contribution in [3.05, 3.63) is 0 Å². The van der Waals surface area contributed by atoms with Gasteiger partial charge in [0.1, 0.15) is 0 Å². The van der Waals surface area contributed by atoms with Gasteiger partial charge in [-0.05, 0) is 0 Å². The molecule has 1 heterocycles. The molecule has 6 heavy (non-hydrogen) atoms. The van der Waals surface area contributed by atoms with E-state index < -0.39 is 0 Å². The average Bonchev–Trinajstić information content (AvgIpc) is 1.73. The molecule has 0 spiro atoms. The van der Waals surface area contributed by atoms with Crippen LogP contribution in [0.1, 0.15) is 13.8 Å². The first-order valence-corrected chi connectivity index (χ1v) is 6.95. The summed E-state index contributed by atoms with van der Waals surface area (Å²) >= 11 is -0.238. The van der Waals surface area contributed by atoms with E-state index in [0.29, 0.717) is 0 Å². The van der Waals surface area contributed by atoms with Gasteiger partial charge in [0, 0.05) is 0 Å². The van der Waals surface area contributed by atoms with Crippen LogP contribution >= 0.6 is 19.8 Å². The summed E-state index contributed by atoms with van der Waals surface area (Å²) < 4.78 is 2.46. The Kier molecular flexibility index (Phi) is 0.905. The van der Waals surface area contributed by atoms with Crippen molar-refractivity contribution in [2.24, 2.45) is 0 Å². The van der Waals surface area contributed by atoms with Gasteiger partial charge in [0.15, 0.2) is 0 Å². The van der Waals surface area contributed by atoms with E-state index >= 15 is 0 Å². The van der Waals surface area contributed by atoms with Crippen LogP contribution in [0.3, 0.4) is 0 Å². The Hall–Kier alpha value is 0.730. The summed E-state index contributed by atoms with van der Waals surface area (Å²) in [6, 6.07) is 0. The van der Waals surface area contributed by atoms with Crippen LogP contribution in [0.5, 0.6) is 0 Å². The summed E-state index contributed by atoms with van der Waals surface area (Å²) in [4.78, 5) is 2.46. The fraction of sp³-hybridized carbons (Fsp3) is 1.00. The van der Waals surface area contributed by atoms with Crippen LogP contribution in [0, 0.1) is 0 Å². The van der Waals surface area contributed by atoms with E-state index in [-0.39, 0.29) is 19.8 Å². The molecule has 1 rings (SSSR count). The first-order valence-electron chi connectivity index (χ1n) is 2.19. The number of rotatable bonds is 0. The second-order valence-electron chi connectivity index (χ2n) is 2.44. The van der Waals surface area contributed by atoms with Crippen molar-refractivity contribution in [1.82, 2.24) is 0 Å². The SMILES string of the molecule is CI1CC1(C)C. The molecule has 1 aliphatic rings. The zero-order valence-corrected chi connectivity index (χ0v) is 6.74. The maximum atomic E-state index is 2.46. The summed E-state index contributed by atoms with van der Waals surface area (Å²) in [7, 11) is 0. The number of alkyl halides is 3. The molecule has 38 valence electrons. The molecule has 0 aliphatic carbocycles. The molecule has 0 unspecified atom stereocenters. The van der Waals surface area contributed by atoms with Crippen LogP contribution in [0.25, 0.3) is 0 Å². The third-order valence-corrected chi connectivity index (χ3v) is 8.81. The molecule has 0 saturated carbocycles. The fourth-order valence-corrected chi connectivity index (χ4v) is 4.96. The van der Waals surface area contributed by atoms with Crippen LogP contribution in [-0.2, 0) is 0 Å². The van der Waals surface area contributed by atoms with Crippen molar-refractivity contribution in [3.8, 4) is 0 Å². The normalized spacial score (nSPS) is 33.5. The molecule has 1 heteroatoms. The van der Waals surface area contributed by atoms with Gasteiger partial charge >= 0.3 is 46.4 Å². The third kappa shape index (κ3) is 0.695. The standard InChI is InChI=1S/C5H11I/c1-5(2)4-6(5)3/h4H2,1-3H3. The van der Waals surface area contributed by atoms with Crippen molar-refractivity contribution >= 4 is 19.8 Å². The molecule has 0 N–H and O–H groups in total. The molecule has 1 saturated heterocycles. The molecular formula is C5H11I. The Morgan fingerprint density at radius 1 is 1.50 bits per heavy atom. The van der Waals surface area contributed by atoms with Gasteiger partial charge in [-0.25, -0.2) is 0 Å². The molecule has 0 aromatic rings. The topological polar surface area (TPSA) is 0 Å². The molecule has 1 aliphatic heterocycles. The van der Waals surface area contributed by atoms with E-state index in [1.807, 2.05) is 0 Å². The van der Waals surface area contributed by atoms with Crippen LogP contribution in [0.2, 0.25) is 0 Å². The fourth-order valence-electron chi connectivity index (χ4n) is 0.451. The molecule has 0 amide bonds. The Morgan fingerprint density at radius 2 is 1.67 bits per heavy atom. The Morgan fingerprint density at radius 3 is 1.67 bits per heavy atom.